The van der Waals surface area contributed by atoms with Crippen LogP contribution in [0.2, 0.25) is 0 Å². The molecular formula is C11H14N2O3. The maximum absolute atomic E-state index is 11.7. The summed E-state index contributed by atoms with van der Waals surface area (Å²) in [5, 5.41) is 0. The van der Waals surface area contributed by atoms with E-state index in [2.05, 4.69) is 9.97 Å². The maximum Gasteiger partial charge on any atom is 0.345 e. The Bertz CT molecular complexity index is 475. The summed E-state index contributed by atoms with van der Waals surface area (Å²) >= 11 is 0. The van der Waals surface area contributed by atoms with Crippen LogP contribution in [0.5, 0.6) is 0 Å². The largest absolute Gasteiger partial charge is 0.462 e. The number of H-pyrrole nitrogens is 1. The first-order chi connectivity index (χ1) is 7.63. The molecule has 0 unspecified atom stereocenters. The van der Waals surface area contributed by atoms with Crippen molar-refractivity contribution < 1.29 is 9.53 Å². The quantitative estimate of drug-likeness (QED) is 0.778. The van der Waals surface area contributed by atoms with Gasteiger partial charge in [-0.25, -0.2) is 9.59 Å². The number of aromatic nitrogens is 2. The number of nitrogens with one attached hydrogen (secondary N) is 1. The number of hydrogen-bond donors (Lipinski definition) is 1. The average molecular weight is 222 g/mol. The number of aromatic amines is 1. The zero-order valence-corrected chi connectivity index (χ0v) is 9.37. The minimum atomic E-state index is -0.398. The Morgan fingerprint density at radius 2 is 2.25 bits per heavy atom. The fourth-order valence-electron chi connectivity index (χ4n) is 1.72. The molecule has 1 aliphatic rings. The van der Waals surface area contributed by atoms with Gasteiger partial charge >= 0.3 is 11.7 Å². The lowest BCUT2D eigenvalue weighted by atomic mass is 10.1. The minimum absolute atomic E-state index is 0.250. The second-order valence-electron chi connectivity index (χ2n) is 3.92. The van der Waals surface area contributed by atoms with Gasteiger partial charge < -0.3 is 9.72 Å². The summed E-state index contributed by atoms with van der Waals surface area (Å²) in [5.74, 6) is -0.147. The highest BCUT2D eigenvalue weighted by Gasteiger charge is 2.31. The van der Waals surface area contributed by atoms with Gasteiger partial charge in [-0.05, 0) is 26.7 Å². The van der Waals surface area contributed by atoms with Crippen LogP contribution in [0.25, 0.3) is 0 Å². The molecule has 1 fully saturated rings. The second-order valence-corrected chi connectivity index (χ2v) is 3.92. The summed E-state index contributed by atoms with van der Waals surface area (Å²) in [6, 6.07) is 0. The Morgan fingerprint density at radius 1 is 1.56 bits per heavy atom. The van der Waals surface area contributed by atoms with Gasteiger partial charge in [0, 0.05) is 11.6 Å². The Labute approximate surface area is 92.9 Å². The van der Waals surface area contributed by atoms with E-state index in [1.165, 1.54) is 0 Å². The van der Waals surface area contributed by atoms with Crippen molar-refractivity contribution in [2.75, 3.05) is 6.61 Å². The van der Waals surface area contributed by atoms with E-state index in [0.717, 1.165) is 12.8 Å². The predicted octanol–water partition coefficient (Wildman–Crippen LogP) is 1.13. The van der Waals surface area contributed by atoms with Gasteiger partial charge in [0.05, 0.1) is 12.3 Å². The molecule has 86 valence electrons. The normalized spacial score (nSPS) is 14.9. The second kappa shape index (κ2) is 4.08. The fourth-order valence-corrected chi connectivity index (χ4v) is 1.72. The molecule has 0 saturated heterocycles. The van der Waals surface area contributed by atoms with Crippen LogP contribution in [0, 0.1) is 6.92 Å². The molecule has 2 rings (SSSR count). The fraction of sp³-hybridized carbons (Fsp3) is 0.545. The first-order valence-electron chi connectivity index (χ1n) is 5.41. The number of nitrogens with zero attached hydrogens (tertiary/aromatic N) is 1. The number of aryl methyl sites for hydroxylation is 1. The minimum Gasteiger partial charge on any atom is -0.462 e. The molecule has 0 amide bonds. The third kappa shape index (κ3) is 1.98. The lowest BCUT2D eigenvalue weighted by Crippen LogP contribution is -2.21. The van der Waals surface area contributed by atoms with E-state index >= 15 is 0 Å². The van der Waals surface area contributed by atoms with Gasteiger partial charge in [0.1, 0.15) is 5.56 Å². The zero-order valence-electron chi connectivity index (χ0n) is 9.37. The van der Waals surface area contributed by atoms with E-state index in [1.807, 2.05) is 0 Å². The van der Waals surface area contributed by atoms with Crippen LogP contribution < -0.4 is 5.69 Å². The molecule has 16 heavy (non-hydrogen) atoms. The Morgan fingerprint density at radius 3 is 2.81 bits per heavy atom. The molecule has 0 aliphatic heterocycles. The van der Waals surface area contributed by atoms with Crippen LogP contribution in [0.3, 0.4) is 0 Å². The Balaban J connectivity index is 2.48. The summed E-state index contributed by atoms with van der Waals surface area (Å²) < 4.78 is 4.97. The molecule has 5 nitrogen and oxygen atoms in total. The maximum atomic E-state index is 11.7. The molecule has 0 aromatic carbocycles. The summed E-state index contributed by atoms with van der Waals surface area (Å²) in [6.45, 7) is 3.77. The van der Waals surface area contributed by atoms with Crippen molar-refractivity contribution in [3.05, 3.63) is 27.4 Å². The molecule has 0 atom stereocenters. The molecule has 5 heteroatoms. The molecular weight excluding hydrogens is 208 g/mol. The van der Waals surface area contributed by atoms with Crippen LogP contribution >= 0.6 is 0 Å². The molecule has 1 saturated carbocycles. The lowest BCUT2D eigenvalue weighted by Gasteiger charge is -2.09. The van der Waals surface area contributed by atoms with Gasteiger partial charge in [-0.3, -0.25) is 0 Å². The highest BCUT2D eigenvalue weighted by Crippen LogP contribution is 2.40. The topological polar surface area (TPSA) is 72.0 Å². The van der Waals surface area contributed by atoms with Crippen molar-refractivity contribution in [3.8, 4) is 0 Å². The average Bonchev–Trinajstić information content (AvgIpc) is 2.99. The number of hydrogen-bond acceptors (Lipinski definition) is 4. The van der Waals surface area contributed by atoms with Crippen molar-refractivity contribution in [1.29, 1.82) is 0 Å². The molecule has 0 radical (unpaired) electrons. The summed E-state index contributed by atoms with van der Waals surface area (Å²) in [4.78, 5) is 29.4. The van der Waals surface area contributed by atoms with E-state index in [4.69, 9.17) is 4.74 Å². The van der Waals surface area contributed by atoms with E-state index < -0.39 is 11.7 Å². The molecule has 1 aromatic heterocycles. The molecule has 1 aliphatic carbocycles. The highest BCUT2D eigenvalue weighted by molar-refractivity contribution is 5.92. The standard InChI is InChI=1S/C11H14N2O3/c1-3-16-10(14)8-6(2)12-11(15)13-9(8)7-4-5-7/h7H,3-5H2,1-2H3,(H,12,13,15). The van der Waals surface area contributed by atoms with Crippen LogP contribution in [0.15, 0.2) is 4.79 Å². The first kappa shape index (κ1) is 10.9. The van der Waals surface area contributed by atoms with Crippen LogP contribution in [0.4, 0.5) is 0 Å². The first-order valence-corrected chi connectivity index (χ1v) is 5.41. The summed E-state index contributed by atoms with van der Waals surface area (Å²) in [7, 11) is 0. The van der Waals surface area contributed by atoms with Gasteiger partial charge in [-0.1, -0.05) is 0 Å². The van der Waals surface area contributed by atoms with Gasteiger partial charge in [0.15, 0.2) is 0 Å². The monoisotopic (exact) mass is 222 g/mol. The Kier molecular flexibility index (Phi) is 2.77. The van der Waals surface area contributed by atoms with Crippen LogP contribution in [0.1, 0.15) is 47.4 Å². The third-order valence-corrected chi connectivity index (χ3v) is 2.59. The van der Waals surface area contributed by atoms with Gasteiger partial charge in [-0.15, -0.1) is 0 Å². The van der Waals surface area contributed by atoms with E-state index in [1.54, 1.807) is 13.8 Å². The van der Waals surface area contributed by atoms with E-state index in [0.29, 0.717) is 23.6 Å². The molecule has 1 aromatic rings. The van der Waals surface area contributed by atoms with Crippen molar-refractivity contribution in [2.45, 2.75) is 32.6 Å². The number of ether oxygens (including phenoxy) is 1. The number of carbonyl (C=O) groups excluding carboxylic acids is 1. The molecule has 0 spiro atoms. The van der Waals surface area contributed by atoms with Crippen LogP contribution in [-0.2, 0) is 4.74 Å². The highest BCUT2D eigenvalue weighted by atomic mass is 16.5. The molecule has 1 heterocycles. The van der Waals surface area contributed by atoms with E-state index in [9.17, 15) is 9.59 Å². The lowest BCUT2D eigenvalue weighted by molar-refractivity contribution is 0.0522. The van der Waals surface area contributed by atoms with Crippen molar-refractivity contribution in [3.63, 3.8) is 0 Å². The zero-order chi connectivity index (χ0) is 11.7. The van der Waals surface area contributed by atoms with Gasteiger partial charge in [-0.2, -0.15) is 4.98 Å². The summed E-state index contributed by atoms with van der Waals surface area (Å²) in [6.07, 6.45) is 1.98. The van der Waals surface area contributed by atoms with Gasteiger partial charge in [0.2, 0.25) is 0 Å². The number of rotatable bonds is 3. The van der Waals surface area contributed by atoms with Gasteiger partial charge in [0.25, 0.3) is 0 Å². The van der Waals surface area contributed by atoms with Crippen molar-refractivity contribution >= 4 is 5.97 Å². The Hall–Kier alpha value is -1.65. The molecule has 0 bridgehead atoms. The van der Waals surface area contributed by atoms with Crippen molar-refractivity contribution in [1.82, 2.24) is 9.97 Å². The van der Waals surface area contributed by atoms with E-state index in [-0.39, 0.29) is 5.92 Å². The smallest absolute Gasteiger partial charge is 0.345 e. The number of carbonyl (C=O) groups is 1. The molecule has 1 N–H and O–H groups in total. The summed E-state index contributed by atoms with van der Waals surface area (Å²) in [5.41, 5.74) is 1.18. The number of esters is 1. The third-order valence-electron chi connectivity index (χ3n) is 2.59. The predicted molar refractivity (Wildman–Crippen MR) is 57.5 cm³/mol. The van der Waals surface area contributed by atoms with Crippen LogP contribution in [-0.4, -0.2) is 22.5 Å². The van der Waals surface area contributed by atoms with Crippen molar-refractivity contribution in [2.24, 2.45) is 0 Å². The SMILES string of the molecule is CCOC(=O)c1c(C2CC2)nc(=O)[nH]c1C.